The van der Waals surface area contributed by atoms with E-state index in [9.17, 15) is 4.79 Å². The average molecular weight is 424 g/mol. The normalized spacial score (nSPS) is 20.1. The third-order valence-electron chi connectivity index (χ3n) is 6.44. The number of benzene rings is 2. The van der Waals surface area contributed by atoms with Crippen LogP contribution in [-0.2, 0) is 11.3 Å². The fourth-order valence-electron chi connectivity index (χ4n) is 4.64. The number of methoxy groups -OCH3 is 2. The van der Waals surface area contributed by atoms with Gasteiger partial charge in [0.1, 0.15) is 11.5 Å². The maximum absolute atomic E-state index is 13.1. The van der Waals surface area contributed by atoms with E-state index in [4.69, 9.17) is 9.47 Å². The standard InChI is InChI=1S/C25H33N3O3/c1-30-22-10-8-20(9-11-22)18-26-13-15-27(16-14-26)19-25(29)28-12-4-7-24(28)21-5-3-6-23(17-21)31-2/h3,5-6,8-11,17,24H,4,7,12-16,18-19H2,1-2H3. The molecule has 4 rings (SSSR count). The summed E-state index contributed by atoms with van der Waals surface area (Å²) in [4.78, 5) is 19.9. The van der Waals surface area contributed by atoms with Gasteiger partial charge in [-0.15, -0.1) is 0 Å². The summed E-state index contributed by atoms with van der Waals surface area (Å²) in [6.45, 7) is 6.13. The summed E-state index contributed by atoms with van der Waals surface area (Å²) in [6, 6.07) is 16.6. The molecule has 1 atom stereocenters. The van der Waals surface area contributed by atoms with Gasteiger partial charge in [0.05, 0.1) is 26.8 Å². The van der Waals surface area contributed by atoms with Crippen molar-refractivity contribution in [2.45, 2.75) is 25.4 Å². The van der Waals surface area contributed by atoms with Crippen LogP contribution < -0.4 is 9.47 Å². The monoisotopic (exact) mass is 423 g/mol. The van der Waals surface area contributed by atoms with Gasteiger partial charge in [0.15, 0.2) is 0 Å². The van der Waals surface area contributed by atoms with Crippen molar-refractivity contribution < 1.29 is 14.3 Å². The van der Waals surface area contributed by atoms with Crippen LogP contribution in [0.5, 0.6) is 11.5 Å². The average Bonchev–Trinajstić information content (AvgIpc) is 3.31. The van der Waals surface area contributed by atoms with E-state index in [1.807, 2.05) is 24.3 Å². The SMILES string of the molecule is COc1ccc(CN2CCN(CC(=O)N3CCCC3c3cccc(OC)c3)CC2)cc1. The maximum Gasteiger partial charge on any atom is 0.237 e. The van der Waals surface area contributed by atoms with Gasteiger partial charge in [-0.05, 0) is 48.2 Å². The van der Waals surface area contributed by atoms with Crippen molar-refractivity contribution in [2.75, 3.05) is 53.5 Å². The van der Waals surface area contributed by atoms with Crippen LogP contribution >= 0.6 is 0 Å². The number of nitrogens with zero attached hydrogens (tertiary/aromatic N) is 3. The highest BCUT2D eigenvalue weighted by Crippen LogP contribution is 2.33. The second-order valence-electron chi connectivity index (χ2n) is 8.42. The van der Waals surface area contributed by atoms with Crippen LogP contribution in [0.25, 0.3) is 0 Å². The minimum Gasteiger partial charge on any atom is -0.497 e. The lowest BCUT2D eigenvalue weighted by molar-refractivity contribution is -0.133. The molecule has 0 aliphatic carbocycles. The van der Waals surface area contributed by atoms with E-state index in [2.05, 4.69) is 39.0 Å². The summed E-state index contributed by atoms with van der Waals surface area (Å²) in [5.41, 5.74) is 2.47. The molecule has 2 aliphatic heterocycles. The molecule has 2 aromatic carbocycles. The predicted octanol–water partition coefficient (Wildman–Crippen LogP) is 3.19. The van der Waals surface area contributed by atoms with Gasteiger partial charge in [0.25, 0.3) is 0 Å². The van der Waals surface area contributed by atoms with Crippen LogP contribution in [-0.4, -0.2) is 74.1 Å². The van der Waals surface area contributed by atoms with Crippen LogP contribution in [0, 0.1) is 0 Å². The van der Waals surface area contributed by atoms with E-state index in [1.54, 1.807) is 14.2 Å². The second kappa shape index (κ2) is 10.2. The summed E-state index contributed by atoms with van der Waals surface area (Å²) >= 11 is 0. The Morgan fingerprint density at radius 1 is 0.903 bits per heavy atom. The highest BCUT2D eigenvalue weighted by Gasteiger charge is 2.31. The lowest BCUT2D eigenvalue weighted by atomic mass is 10.0. The van der Waals surface area contributed by atoms with E-state index in [0.29, 0.717) is 6.54 Å². The molecular weight excluding hydrogens is 390 g/mol. The smallest absolute Gasteiger partial charge is 0.237 e. The Morgan fingerprint density at radius 3 is 2.32 bits per heavy atom. The van der Waals surface area contributed by atoms with Crippen molar-refractivity contribution in [3.05, 3.63) is 59.7 Å². The van der Waals surface area contributed by atoms with Crippen LogP contribution in [0.1, 0.15) is 30.0 Å². The molecule has 2 fully saturated rings. The Hall–Kier alpha value is -2.57. The molecule has 2 aliphatic rings. The number of carbonyl (C=O) groups excluding carboxylic acids is 1. The van der Waals surface area contributed by atoms with Gasteiger partial charge in [-0.25, -0.2) is 0 Å². The molecule has 6 nitrogen and oxygen atoms in total. The summed E-state index contributed by atoms with van der Waals surface area (Å²) in [5, 5.41) is 0. The zero-order valence-corrected chi connectivity index (χ0v) is 18.6. The van der Waals surface area contributed by atoms with E-state index >= 15 is 0 Å². The Morgan fingerprint density at radius 2 is 1.61 bits per heavy atom. The van der Waals surface area contributed by atoms with Crippen molar-refractivity contribution in [3.8, 4) is 11.5 Å². The Balaban J connectivity index is 1.28. The van der Waals surface area contributed by atoms with Gasteiger partial charge in [0.2, 0.25) is 5.91 Å². The Labute approximate surface area is 185 Å². The summed E-state index contributed by atoms with van der Waals surface area (Å²) in [5.74, 6) is 1.99. The number of rotatable bonds is 7. The molecule has 0 bridgehead atoms. The molecule has 2 saturated heterocycles. The maximum atomic E-state index is 13.1. The third-order valence-corrected chi connectivity index (χ3v) is 6.44. The summed E-state index contributed by atoms with van der Waals surface area (Å²) in [6.07, 6.45) is 2.08. The first-order valence-electron chi connectivity index (χ1n) is 11.2. The molecule has 1 amide bonds. The lowest BCUT2D eigenvalue weighted by Gasteiger charge is -2.35. The minimum atomic E-state index is 0.166. The highest BCUT2D eigenvalue weighted by molar-refractivity contribution is 5.79. The molecule has 0 aromatic heterocycles. The van der Waals surface area contributed by atoms with Crippen LogP contribution in [0.15, 0.2) is 48.5 Å². The van der Waals surface area contributed by atoms with E-state index in [1.165, 1.54) is 11.1 Å². The molecule has 166 valence electrons. The number of hydrogen-bond acceptors (Lipinski definition) is 5. The van der Waals surface area contributed by atoms with Crippen molar-refractivity contribution in [2.24, 2.45) is 0 Å². The molecule has 1 unspecified atom stereocenters. The quantitative estimate of drug-likeness (QED) is 0.685. The zero-order chi connectivity index (χ0) is 21.6. The number of ether oxygens (including phenoxy) is 2. The first-order valence-corrected chi connectivity index (χ1v) is 11.2. The summed E-state index contributed by atoms with van der Waals surface area (Å²) in [7, 11) is 3.38. The molecule has 2 aromatic rings. The van der Waals surface area contributed by atoms with Crippen molar-refractivity contribution >= 4 is 5.91 Å². The molecule has 6 heteroatoms. The van der Waals surface area contributed by atoms with Crippen molar-refractivity contribution in [1.82, 2.24) is 14.7 Å². The van der Waals surface area contributed by atoms with E-state index < -0.39 is 0 Å². The molecular formula is C25H33N3O3. The topological polar surface area (TPSA) is 45.2 Å². The molecule has 0 spiro atoms. The van der Waals surface area contributed by atoms with Crippen LogP contribution in [0.2, 0.25) is 0 Å². The second-order valence-corrected chi connectivity index (χ2v) is 8.42. The van der Waals surface area contributed by atoms with Crippen molar-refractivity contribution in [1.29, 1.82) is 0 Å². The zero-order valence-electron chi connectivity index (χ0n) is 18.6. The fourth-order valence-corrected chi connectivity index (χ4v) is 4.64. The number of piperazine rings is 1. The van der Waals surface area contributed by atoms with Gasteiger partial charge in [-0.2, -0.15) is 0 Å². The van der Waals surface area contributed by atoms with Gasteiger partial charge >= 0.3 is 0 Å². The minimum absolute atomic E-state index is 0.166. The first-order chi connectivity index (χ1) is 15.2. The third kappa shape index (κ3) is 5.38. The first kappa shape index (κ1) is 21.7. The Kier molecular flexibility index (Phi) is 7.10. The number of hydrogen-bond donors (Lipinski definition) is 0. The number of likely N-dealkylation sites (tertiary alicyclic amines) is 1. The van der Waals surface area contributed by atoms with Gasteiger partial charge in [0, 0.05) is 39.3 Å². The lowest BCUT2D eigenvalue weighted by Crippen LogP contribution is -2.49. The number of amides is 1. The highest BCUT2D eigenvalue weighted by atomic mass is 16.5. The molecule has 0 saturated carbocycles. The number of carbonyl (C=O) groups is 1. The fraction of sp³-hybridized carbons (Fsp3) is 0.480. The molecule has 31 heavy (non-hydrogen) atoms. The van der Waals surface area contributed by atoms with Gasteiger partial charge in [-0.3, -0.25) is 14.6 Å². The van der Waals surface area contributed by atoms with Gasteiger partial charge < -0.3 is 14.4 Å². The Bertz CT molecular complexity index is 863. The molecule has 0 radical (unpaired) electrons. The molecule has 2 heterocycles. The summed E-state index contributed by atoms with van der Waals surface area (Å²) < 4.78 is 10.6. The van der Waals surface area contributed by atoms with E-state index in [-0.39, 0.29) is 11.9 Å². The molecule has 0 N–H and O–H groups in total. The van der Waals surface area contributed by atoms with E-state index in [0.717, 1.165) is 63.6 Å². The predicted molar refractivity (Wildman–Crippen MR) is 121 cm³/mol. The van der Waals surface area contributed by atoms with Crippen LogP contribution in [0.4, 0.5) is 0 Å². The van der Waals surface area contributed by atoms with Gasteiger partial charge in [-0.1, -0.05) is 24.3 Å². The van der Waals surface area contributed by atoms with Crippen molar-refractivity contribution in [3.63, 3.8) is 0 Å². The largest absolute Gasteiger partial charge is 0.497 e. The van der Waals surface area contributed by atoms with Crippen LogP contribution in [0.3, 0.4) is 0 Å².